The third-order valence-electron chi connectivity index (χ3n) is 8.09. The summed E-state index contributed by atoms with van der Waals surface area (Å²) in [6.07, 6.45) is 14.9. The molecular weight excluding hydrogens is 749 g/mol. The second-order valence-corrected chi connectivity index (χ2v) is 14.4. The normalized spacial score (nSPS) is 14.0. The third kappa shape index (κ3) is 11.6. The van der Waals surface area contributed by atoms with Crippen molar-refractivity contribution in [3.63, 3.8) is 0 Å². The molecule has 2 aromatic carbocycles. The van der Waals surface area contributed by atoms with Crippen LogP contribution in [0.25, 0.3) is 0 Å². The maximum absolute atomic E-state index is 13.0. The topological polar surface area (TPSA) is 105 Å². The van der Waals surface area contributed by atoms with E-state index in [4.69, 9.17) is 88.6 Å². The first kappa shape index (κ1) is 38.9. The summed E-state index contributed by atoms with van der Waals surface area (Å²) in [5.74, 6) is -4.60. The number of hydrogen-bond donors (Lipinski definition) is 0. The molecular formula is C34H36Cl6O8. The van der Waals surface area contributed by atoms with Crippen LogP contribution in [0.4, 0.5) is 0 Å². The van der Waals surface area contributed by atoms with Gasteiger partial charge in [0.05, 0.1) is 43.3 Å². The first-order valence-corrected chi connectivity index (χ1v) is 18.4. The second kappa shape index (κ2) is 18.9. The lowest BCUT2D eigenvalue weighted by molar-refractivity contribution is -0.156. The van der Waals surface area contributed by atoms with Gasteiger partial charge in [-0.25, -0.2) is 19.2 Å². The lowest BCUT2D eigenvalue weighted by Crippen LogP contribution is -2.27. The van der Waals surface area contributed by atoms with Crippen molar-refractivity contribution in [3.05, 3.63) is 53.4 Å². The minimum absolute atomic E-state index is 0.0767. The lowest BCUT2D eigenvalue weighted by atomic mass is 10.1. The molecule has 48 heavy (non-hydrogen) atoms. The van der Waals surface area contributed by atoms with Crippen LogP contribution in [0.1, 0.15) is 111 Å². The highest BCUT2D eigenvalue weighted by atomic mass is 35.5. The molecule has 0 unspecified atom stereocenters. The molecule has 0 aromatic heterocycles. The highest BCUT2D eigenvalue weighted by molar-refractivity contribution is 6.47. The predicted molar refractivity (Wildman–Crippen MR) is 186 cm³/mol. The van der Waals surface area contributed by atoms with Gasteiger partial charge in [0.2, 0.25) is 0 Å². The van der Waals surface area contributed by atoms with E-state index in [1.165, 1.54) is 38.5 Å². The monoisotopic (exact) mass is 782 g/mol. The Kier molecular flexibility index (Phi) is 15.3. The van der Waals surface area contributed by atoms with E-state index >= 15 is 0 Å². The van der Waals surface area contributed by atoms with E-state index in [-0.39, 0.29) is 43.3 Å². The fourth-order valence-corrected chi connectivity index (χ4v) is 6.49. The Bertz CT molecular complexity index is 1390. The number of benzene rings is 2. The van der Waals surface area contributed by atoms with Crippen LogP contribution in [0.15, 0.2) is 12.1 Å². The Labute approximate surface area is 309 Å². The van der Waals surface area contributed by atoms with Gasteiger partial charge in [0, 0.05) is 0 Å². The van der Waals surface area contributed by atoms with E-state index < -0.39 is 46.5 Å². The van der Waals surface area contributed by atoms with Crippen molar-refractivity contribution in [2.45, 2.75) is 89.9 Å². The van der Waals surface area contributed by atoms with Crippen LogP contribution in [0, 0.1) is 11.8 Å². The molecule has 0 atom stereocenters. The first-order valence-electron chi connectivity index (χ1n) is 16.1. The summed E-state index contributed by atoms with van der Waals surface area (Å²) in [6.45, 7) is 0.153. The molecule has 0 amide bonds. The van der Waals surface area contributed by atoms with Gasteiger partial charge in [0.1, 0.15) is 11.1 Å². The highest BCUT2D eigenvalue weighted by Gasteiger charge is 2.32. The van der Waals surface area contributed by atoms with Crippen LogP contribution >= 0.6 is 69.6 Å². The molecule has 2 aliphatic carbocycles. The smallest absolute Gasteiger partial charge is 0.423 e. The van der Waals surface area contributed by atoms with Gasteiger partial charge in [-0.15, -0.1) is 0 Å². The SMILES string of the molecule is O=C(Oc1c(Cl)cc(Cl)c(Cl)c1C(=O)OCCCCCCC1CC1)C(=O)Oc1c(Cl)cc(Cl)c(Cl)c1C(=O)OCCCCCCC1CC1. The molecule has 0 spiro atoms. The number of hydrogen-bond acceptors (Lipinski definition) is 8. The molecule has 2 saturated carbocycles. The molecule has 14 heteroatoms. The predicted octanol–water partition coefficient (Wildman–Crippen LogP) is 11.2. The Morgan fingerprint density at radius 3 is 1.23 bits per heavy atom. The number of ether oxygens (including phenoxy) is 4. The zero-order chi connectivity index (χ0) is 34.8. The maximum atomic E-state index is 13.0. The highest BCUT2D eigenvalue weighted by Crippen LogP contribution is 2.42. The van der Waals surface area contributed by atoms with Gasteiger partial charge in [0.25, 0.3) is 0 Å². The molecule has 4 rings (SSSR count). The first-order chi connectivity index (χ1) is 23.0. The minimum atomic E-state index is -1.63. The maximum Gasteiger partial charge on any atom is 0.423 e. The molecule has 0 heterocycles. The van der Waals surface area contributed by atoms with Crippen LogP contribution in [0.3, 0.4) is 0 Å². The molecule has 0 aliphatic heterocycles. The van der Waals surface area contributed by atoms with Gasteiger partial charge < -0.3 is 18.9 Å². The van der Waals surface area contributed by atoms with Crippen molar-refractivity contribution in [3.8, 4) is 11.5 Å². The lowest BCUT2D eigenvalue weighted by Gasteiger charge is -2.15. The van der Waals surface area contributed by atoms with Gasteiger partial charge in [-0.2, -0.15) is 0 Å². The van der Waals surface area contributed by atoms with E-state index in [0.29, 0.717) is 12.8 Å². The summed E-state index contributed by atoms with van der Waals surface area (Å²) in [4.78, 5) is 51.9. The number of unbranched alkanes of at least 4 members (excludes halogenated alkanes) is 6. The summed E-state index contributed by atoms with van der Waals surface area (Å²) in [5, 5.41) is -1.43. The number of esters is 4. The molecule has 0 bridgehead atoms. The Balaban J connectivity index is 1.38. The average Bonchev–Trinajstić information content (AvgIpc) is 3.98. The fourth-order valence-electron chi connectivity index (χ4n) is 5.05. The molecule has 262 valence electrons. The van der Waals surface area contributed by atoms with Crippen LogP contribution in [0.2, 0.25) is 30.1 Å². The second-order valence-electron chi connectivity index (χ2n) is 12.1. The molecule has 2 aliphatic rings. The zero-order valence-corrected chi connectivity index (χ0v) is 30.7. The van der Waals surface area contributed by atoms with Crippen LogP contribution in [-0.2, 0) is 19.1 Å². The summed E-state index contributed by atoms with van der Waals surface area (Å²) in [6, 6.07) is 2.26. The molecule has 0 radical (unpaired) electrons. The molecule has 2 fully saturated rings. The van der Waals surface area contributed by atoms with Gasteiger partial charge in [-0.1, -0.05) is 147 Å². The quantitative estimate of drug-likeness (QED) is 0.0484. The number of rotatable bonds is 18. The van der Waals surface area contributed by atoms with E-state index in [0.717, 1.165) is 62.5 Å². The standard InChI is InChI=1S/C34H36Cl6O8/c35-21-17-23(37)29(25(27(21)39)31(41)45-15-7-3-1-5-9-19-11-12-19)47-33(43)34(44)48-30-24(38)18-22(36)28(40)26(30)32(42)46-16-8-4-2-6-10-20-13-14-20/h17-20H,1-16H2. The number of halogens is 6. The van der Waals surface area contributed by atoms with E-state index in [2.05, 4.69) is 0 Å². The zero-order valence-electron chi connectivity index (χ0n) is 26.2. The summed E-state index contributed by atoms with van der Waals surface area (Å²) in [5.41, 5.74) is -0.901. The Hall–Kier alpha value is -1.94. The number of carbonyl (C=O) groups is 4. The van der Waals surface area contributed by atoms with E-state index in [1.807, 2.05) is 0 Å². The van der Waals surface area contributed by atoms with Crippen LogP contribution in [-0.4, -0.2) is 37.1 Å². The van der Waals surface area contributed by atoms with Crippen molar-refractivity contribution in [2.24, 2.45) is 11.8 Å². The van der Waals surface area contributed by atoms with Gasteiger partial charge in [-0.3, -0.25) is 0 Å². The Morgan fingerprint density at radius 1 is 0.521 bits per heavy atom. The van der Waals surface area contributed by atoms with Crippen molar-refractivity contribution < 1.29 is 38.1 Å². The summed E-state index contributed by atoms with van der Waals surface area (Å²) in [7, 11) is 0. The van der Waals surface area contributed by atoms with Crippen molar-refractivity contribution in [2.75, 3.05) is 13.2 Å². The van der Waals surface area contributed by atoms with Crippen LogP contribution in [0.5, 0.6) is 11.5 Å². The summed E-state index contributed by atoms with van der Waals surface area (Å²) < 4.78 is 21.0. The van der Waals surface area contributed by atoms with Crippen molar-refractivity contribution in [1.82, 2.24) is 0 Å². The van der Waals surface area contributed by atoms with E-state index in [9.17, 15) is 19.2 Å². The minimum Gasteiger partial charge on any atom is -0.462 e. The van der Waals surface area contributed by atoms with Gasteiger partial charge >= 0.3 is 23.9 Å². The van der Waals surface area contributed by atoms with E-state index in [1.54, 1.807) is 0 Å². The Morgan fingerprint density at radius 2 is 0.875 bits per heavy atom. The van der Waals surface area contributed by atoms with Crippen molar-refractivity contribution >= 4 is 93.5 Å². The van der Waals surface area contributed by atoms with Gasteiger partial charge in [-0.05, 0) is 36.8 Å². The van der Waals surface area contributed by atoms with Crippen LogP contribution < -0.4 is 9.47 Å². The summed E-state index contributed by atoms with van der Waals surface area (Å²) >= 11 is 37.3. The largest absolute Gasteiger partial charge is 0.462 e. The molecule has 8 nitrogen and oxygen atoms in total. The molecule has 0 saturated heterocycles. The molecule has 0 N–H and O–H groups in total. The third-order valence-corrected chi connectivity index (χ3v) is 10.2. The average molecular weight is 785 g/mol. The number of carbonyl (C=O) groups excluding carboxylic acids is 4. The van der Waals surface area contributed by atoms with Gasteiger partial charge in [0.15, 0.2) is 11.5 Å². The van der Waals surface area contributed by atoms with Crippen molar-refractivity contribution in [1.29, 1.82) is 0 Å². The molecule has 2 aromatic rings. The fraction of sp³-hybridized carbons (Fsp3) is 0.529.